The predicted molar refractivity (Wildman–Crippen MR) is 169 cm³/mol. The van der Waals surface area contributed by atoms with Crippen LogP contribution in [-0.2, 0) is 4.79 Å². The van der Waals surface area contributed by atoms with Gasteiger partial charge in [0.25, 0.3) is 5.91 Å². The van der Waals surface area contributed by atoms with E-state index >= 15 is 0 Å². The van der Waals surface area contributed by atoms with Crippen LogP contribution in [0.3, 0.4) is 0 Å². The van der Waals surface area contributed by atoms with E-state index in [1.54, 1.807) is 36.4 Å². The Bertz CT molecular complexity index is 1600. The molecule has 2 heterocycles. The van der Waals surface area contributed by atoms with Gasteiger partial charge in [0, 0.05) is 48.4 Å². The molecule has 2 N–H and O–H groups in total. The van der Waals surface area contributed by atoms with Crippen molar-refractivity contribution >= 4 is 69.8 Å². The fourth-order valence-corrected chi connectivity index (χ4v) is 5.22. The molecular formula is C31H26Cl2N4O3S. The number of benzene rings is 3. The molecule has 0 saturated carbocycles. The van der Waals surface area contributed by atoms with E-state index in [9.17, 15) is 9.59 Å². The van der Waals surface area contributed by atoms with Gasteiger partial charge in [-0.2, -0.15) is 0 Å². The van der Waals surface area contributed by atoms with E-state index in [1.165, 1.54) is 6.08 Å². The third-order valence-electron chi connectivity index (χ3n) is 6.54. The Hall–Kier alpha value is -4.11. The highest BCUT2D eigenvalue weighted by atomic mass is 35.5. The smallest absolute Gasteiger partial charge is 0.253 e. The quantitative estimate of drug-likeness (QED) is 0.187. The summed E-state index contributed by atoms with van der Waals surface area (Å²) in [6.45, 7) is 2.55. The molecule has 208 valence electrons. The minimum atomic E-state index is -0.407. The third kappa shape index (κ3) is 7.16. The number of amides is 2. The Kier molecular flexibility index (Phi) is 9.04. The Morgan fingerprint density at radius 2 is 1.61 bits per heavy atom. The van der Waals surface area contributed by atoms with Crippen molar-refractivity contribution in [3.63, 3.8) is 0 Å². The zero-order valence-electron chi connectivity index (χ0n) is 21.8. The lowest BCUT2D eigenvalue weighted by Crippen LogP contribution is -2.49. The molecule has 1 aliphatic rings. The number of carbonyl (C=O) groups is 2. The van der Waals surface area contributed by atoms with Crippen LogP contribution in [0, 0.1) is 0 Å². The summed E-state index contributed by atoms with van der Waals surface area (Å²) in [7, 11) is 0. The summed E-state index contributed by atoms with van der Waals surface area (Å²) in [5.41, 5.74) is 3.10. The number of hydrogen-bond acceptors (Lipinski definition) is 5. The van der Waals surface area contributed by atoms with Crippen LogP contribution in [-0.4, -0.2) is 48.0 Å². The number of furan rings is 1. The molecule has 0 radical (unpaired) electrons. The number of anilines is 2. The average molecular weight is 606 g/mol. The second kappa shape index (κ2) is 13.0. The van der Waals surface area contributed by atoms with Crippen molar-refractivity contribution in [2.75, 3.05) is 36.4 Å². The van der Waals surface area contributed by atoms with Gasteiger partial charge in [-0.25, -0.2) is 0 Å². The fourth-order valence-electron chi connectivity index (χ4n) is 4.51. The highest BCUT2D eigenvalue weighted by Crippen LogP contribution is 2.32. The number of halogens is 2. The summed E-state index contributed by atoms with van der Waals surface area (Å²) in [5, 5.41) is 6.97. The van der Waals surface area contributed by atoms with Crippen molar-refractivity contribution in [3.05, 3.63) is 112 Å². The monoisotopic (exact) mass is 604 g/mol. The Morgan fingerprint density at radius 3 is 2.37 bits per heavy atom. The maximum Gasteiger partial charge on any atom is 0.253 e. The van der Waals surface area contributed by atoms with E-state index in [1.807, 2.05) is 59.5 Å². The first-order chi connectivity index (χ1) is 19.9. The van der Waals surface area contributed by atoms with Crippen LogP contribution in [0.15, 0.2) is 95.4 Å². The third-order valence-corrected chi connectivity index (χ3v) is 7.29. The van der Waals surface area contributed by atoms with Crippen LogP contribution in [0.2, 0.25) is 10.0 Å². The maximum absolute atomic E-state index is 12.8. The summed E-state index contributed by atoms with van der Waals surface area (Å²) in [4.78, 5) is 29.4. The van der Waals surface area contributed by atoms with Crippen LogP contribution in [0.25, 0.3) is 17.4 Å². The topological polar surface area (TPSA) is 77.8 Å². The number of carbonyl (C=O) groups excluding carboxylic acids is 2. The van der Waals surface area contributed by atoms with E-state index in [2.05, 4.69) is 15.5 Å². The van der Waals surface area contributed by atoms with Gasteiger partial charge in [-0.1, -0.05) is 53.5 Å². The Labute approximate surface area is 253 Å². The molecule has 0 unspecified atom stereocenters. The van der Waals surface area contributed by atoms with Gasteiger partial charge >= 0.3 is 0 Å². The average Bonchev–Trinajstić information content (AvgIpc) is 3.45. The SMILES string of the molecule is O=C(/C=C/c1ccc(-c2ccc(Cl)cc2Cl)o1)NC(=S)Nc1ccccc1N1CCN(C(=O)c2ccccc2)CC1. The van der Waals surface area contributed by atoms with Crippen LogP contribution < -0.4 is 15.5 Å². The molecule has 1 aliphatic heterocycles. The van der Waals surface area contributed by atoms with E-state index in [4.69, 9.17) is 39.8 Å². The van der Waals surface area contributed by atoms with Crippen molar-refractivity contribution in [1.82, 2.24) is 10.2 Å². The van der Waals surface area contributed by atoms with Gasteiger partial charge in [-0.05, 0) is 72.9 Å². The van der Waals surface area contributed by atoms with Gasteiger partial charge < -0.3 is 19.5 Å². The van der Waals surface area contributed by atoms with Crippen molar-refractivity contribution in [2.24, 2.45) is 0 Å². The number of piperazine rings is 1. The predicted octanol–water partition coefficient (Wildman–Crippen LogP) is 6.74. The van der Waals surface area contributed by atoms with Crippen LogP contribution in [0.5, 0.6) is 0 Å². The fraction of sp³-hybridized carbons (Fsp3) is 0.129. The minimum Gasteiger partial charge on any atom is -0.457 e. The molecule has 1 saturated heterocycles. The van der Waals surface area contributed by atoms with Gasteiger partial charge in [0.2, 0.25) is 5.91 Å². The number of nitrogens with one attached hydrogen (secondary N) is 2. The van der Waals surface area contributed by atoms with Crippen LogP contribution >= 0.6 is 35.4 Å². The molecule has 2 amide bonds. The number of rotatable bonds is 6. The van der Waals surface area contributed by atoms with Crippen molar-refractivity contribution in [3.8, 4) is 11.3 Å². The molecule has 10 heteroatoms. The molecule has 0 spiro atoms. The van der Waals surface area contributed by atoms with Crippen molar-refractivity contribution in [1.29, 1.82) is 0 Å². The maximum atomic E-state index is 12.8. The van der Waals surface area contributed by atoms with Gasteiger partial charge in [0.05, 0.1) is 16.4 Å². The van der Waals surface area contributed by atoms with Gasteiger partial charge in [0.1, 0.15) is 11.5 Å². The first kappa shape index (κ1) is 28.4. The van der Waals surface area contributed by atoms with E-state index < -0.39 is 5.91 Å². The van der Waals surface area contributed by atoms with Gasteiger partial charge in [-0.3, -0.25) is 14.9 Å². The summed E-state index contributed by atoms with van der Waals surface area (Å²) < 4.78 is 5.80. The highest BCUT2D eigenvalue weighted by molar-refractivity contribution is 7.80. The number of nitrogens with zero attached hydrogens (tertiary/aromatic N) is 2. The standard InChI is InChI=1S/C31H26Cl2N4O3S/c32-22-10-13-24(25(33)20-22)28-14-11-23(40-28)12-15-29(38)35-31(41)34-26-8-4-5-9-27(26)36-16-18-37(19-17-36)30(39)21-6-2-1-3-7-21/h1-15,20H,16-19H2,(H2,34,35,38,41)/b15-12+. The summed E-state index contributed by atoms with van der Waals surface area (Å²) in [6, 6.07) is 25.7. The molecule has 41 heavy (non-hydrogen) atoms. The summed E-state index contributed by atoms with van der Waals surface area (Å²) in [5.74, 6) is 0.671. The zero-order valence-corrected chi connectivity index (χ0v) is 24.2. The number of thiocarbonyl (C=S) groups is 1. The van der Waals surface area contributed by atoms with Gasteiger partial charge in [0.15, 0.2) is 5.11 Å². The second-order valence-electron chi connectivity index (χ2n) is 9.27. The van der Waals surface area contributed by atoms with E-state index in [-0.39, 0.29) is 11.0 Å². The largest absolute Gasteiger partial charge is 0.457 e. The second-order valence-corrected chi connectivity index (χ2v) is 10.5. The van der Waals surface area contributed by atoms with Crippen molar-refractivity contribution < 1.29 is 14.0 Å². The number of hydrogen-bond donors (Lipinski definition) is 2. The number of para-hydroxylation sites is 2. The highest BCUT2D eigenvalue weighted by Gasteiger charge is 2.23. The lowest BCUT2D eigenvalue weighted by Gasteiger charge is -2.37. The normalized spacial score (nSPS) is 13.3. The molecule has 5 rings (SSSR count). The summed E-state index contributed by atoms with van der Waals surface area (Å²) in [6.07, 6.45) is 2.89. The first-order valence-electron chi connectivity index (χ1n) is 12.9. The molecular weight excluding hydrogens is 579 g/mol. The minimum absolute atomic E-state index is 0.0353. The molecule has 3 aromatic carbocycles. The van der Waals surface area contributed by atoms with Crippen LogP contribution in [0.1, 0.15) is 16.1 Å². The lowest BCUT2D eigenvalue weighted by molar-refractivity contribution is -0.115. The zero-order chi connectivity index (χ0) is 28.8. The van der Waals surface area contributed by atoms with Crippen molar-refractivity contribution in [2.45, 2.75) is 0 Å². The Balaban J connectivity index is 1.16. The molecule has 0 bridgehead atoms. The van der Waals surface area contributed by atoms with E-state index in [0.29, 0.717) is 58.9 Å². The first-order valence-corrected chi connectivity index (χ1v) is 14.1. The Morgan fingerprint density at radius 1 is 0.878 bits per heavy atom. The molecule has 0 aliphatic carbocycles. The van der Waals surface area contributed by atoms with Crippen LogP contribution in [0.4, 0.5) is 11.4 Å². The molecule has 7 nitrogen and oxygen atoms in total. The molecule has 0 atom stereocenters. The van der Waals surface area contributed by atoms with E-state index in [0.717, 1.165) is 11.4 Å². The molecule has 4 aromatic rings. The summed E-state index contributed by atoms with van der Waals surface area (Å²) >= 11 is 17.6. The molecule has 1 aromatic heterocycles. The molecule has 1 fully saturated rings. The lowest BCUT2D eigenvalue weighted by atomic mass is 10.1. The van der Waals surface area contributed by atoms with Gasteiger partial charge in [-0.15, -0.1) is 0 Å².